The molecule has 2 aliphatic rings. The molecule has 1 saturated carbocycles. The van der Waals surface area contributed by atoms with Crippen LogP contribution in [0.3, 0.4) is 0 Å². The van der Waals surface area contributed by atoms with Crippen LogP contribution in [0.4, 0.5) is 10.6 Å². The summed E-state index contributed by atoms with van der Waals surface area (Å²) in [5.41, 5.74) is 2.88. The first-order valence-corrected chi connectivity index (χ1v) is 12.2. The van der Waals surface area contributed by atoms with Gasteiger partial charge in [0.25, 0.3) is 0 Å². The molecule has 0 radical (unpaired) electrons. The molecule has 9 nitrogen and oxygen atoms in total. The van der Waals surface area contributed by atoms with Gasteiger partial charge < -0.3 is 9.26 Å². The predicted molar refractivity (Wildman–Crippen MR) is 131 cm³/mol. The summed E-state index contributed by atoms with van der Waals surface area (Å²) in [7, 11) is 0. The highest BCUT2D eigenvalue weighted by Crippen LogP contribution is 2.40. The van der Waals surface area contributed by atoms with E-state index < -0.39 is 0 Å². The molecule has 0 bridgehead atoms. The lowest BCUT2D eigenvalue weighted by Gasteiger charge is -2.34. The Balaban J connectivity index is 1.20. The van der Waals surface area contributed by atoms with Crippen molar-refractivity contribution in [3.63, 3.8) is 0 Å². The molecule has 1 atom stereocenters. The summed E-state index contributed by atoms with van der Waals surface area (Å²) in [4.78, 5) is 24.2. The van der Waals surface area contributed by atoms with Gasteiger partial charge in [0, 0.05) is 41.7 Å². The Kier molecular flexibility index (Phi) is 5.49. The zero-order valence-electron chi connectivity index (χ0n) is 19.9. The predicted octanol–water partition coefficient (Wildman–Crippen LogP) is 5.33. The van der Waals surface area contributed by atoms with Crippen molar-refractivity contribution >= 4 is 22.8 Å². The van der Waals surface area contributed by atoms with E-state index in [0.29, 0.717) is 29.4 Å². The largest absolute Gasteiger partial charge is 0.439 e. The van der Waals surface area contributed by atoms with Crippen LogP contribution in [0.1, 0.15) is 56.0 Å². The number of hydrogen-bond acceptors (Lipinski definition) is 7. The fourth-order valence-corrected chi connectivity index (χ4v) is 4.77. The van der Waals surface area contributed by atoms with Gasteiger partial charge in [0.15, 0.2) is 5.82 Å². The molecule has 1 aromatic carbocycles. The molecule has 1 fully saturated rings. The minimum absolute atomic E-state index is 0.292. The third kappa shape index (κ3) is 4.27. The van der Waals surface area contributed by atoms with Crippen molar-refractivity contribution in [2.45, 2.75) is 58.0 Å². The van der Waals surface area contributed by atoms with Crippen LogP contribution in [0.25, 0.3) is 10.9 Å². The topological polar surface area (TPSA) is 98.3 Å². The van der Waals surface area contributed by atoms with Crippen molar-refractivity contribution < 1.29 is 14.1 Å². The SMILES string of the molecule is CCCN1Cc2ncnc(Oc3ccc4c(ccn4C(=O)Nc4cc(C5CC5)on4)c3)c2C[C@@H]1C. The molecule has 0 unspecified atom stereocenters. The van der Waals surface area contributed by atoms with Crippen LogP contribution < -0.4 is 10.1 Å². The molecule has 1 aliphatic carbocycles. The lowest BCUT2D eigenvalue weighted by molar-refractivity contribution is 0.179. The summed E-state index contributed by atoms with van der Waals surface area (Å²) in [5, 5.41) is 7.67. The van der Waals surface area contributed by atoms with Crippen LogP contribution in [-0.4, -0.2) is 43.2 Å². The van der Waals surface area contributed by atoms with Gasteiger partial charge in [-0.25, -0.2) is 14.8 Å². The van der Waals surface area contributed by atoms with Gasteiger partial charge >= 0.3 is 6.03 Å². The van der Waals surface area contributed by atoms with Crippen molar-refractivity contribution in [2.24, 2.45) is 0 Å². The third-order valence-corrected chi connectivity index (χ3v) is 6.82. The van der Waals surface area contributed by atoms with Gasteiger partial charge in [0.05, 0.1) is 11.2 Å². The summed E-state index contributed by atoms with van der Waals surface area (Å²) in [6.07, 6.45) is 7.52. The number of carbonyl (C=O) groups is 1. The molecule has 1 aliphatic heterocycles. The van der Waals surface area contributed by atoms with E-state index in [1.807, 2.05) is 24.3 Å². The molecule has 1 amide bonds. The number of fused-ring (bicyclic) bond motifs is 2. The van der Waals surface area contributed by atoms with E-state index in [0.717, 1.165) is 66.7 Å². The second-order valence-electron chi connectivity index (χ2n) is 9.46. The molecule has 6 rings (SSSR count). The number of hydrogen-bond donors (Lipinski definition) is 1. The van der Waals surface area contributed by atoms with Crippen molar-refractivity contribution in [3.8, 4) is 11.6 Å². The zero-order chi connectivity index (χ0) is 23.9. The Morgan fingerprint density at radius 3 is 2.94 bits per heavy atom. The average Bonchev–Trinajstić information content (AvgIpc) is 3.45. The number of rotatable bonds is 6. The Morgan fingerprint density at radius 2 is 2.11 bits per heavy atom. The fraction of sp³-hybridized carbons (Fsp3) is 0.385. The monoisotopic (exact) mass is 472 g/mol. The van der Waals surface area contributed by atoms with Crippen LogP contribution in [0.2, 0.25) is 0 Å². The maximum absolute atomic E-state index is 12.8. The quantitative estimate of drug-likeness (QED) is 0.405. The lowest BCUT2D eigenvalue weighted by Crippen LogP contribution is -2.39. The first-order valence-electron chi connectivity index (χ1n) is 12.2. The van der Waals surface area contributed by atoms with Gasteiger partial charge in [-0.05, 0) is 63.4 Å². The lowest BCUT2D eigenvalue weighted by atomic mass is 9.99. The van der Waals surface area contributed by atoms with Crippen LogP contribution in [-0.2, 0) is 13.0 Å². The highest BCUT2D eigenvalue weighted by molar-refractivity contribution is 5.98. The van der Waals surface area contributed by atoms with E-state index in [9.17, 15) is 4.79 Å². The summed E-state index contributed by atoms with van der Waals surface area (Å²) >= 11 is 0. The highest BCUT2D eigenvalue weighted by atomic mass is 16.5. The van der Waals surface area contributed by atoms with E-state index >= 15 is 0 Å². The first kappa shape index (κ1) is 21.8. The summed E-state index contributed by atoms with van der Waals surface area (Å²) < 4.78 is 13.1. The third-order valence-electron chi connectivity index (χ3n) is 6.82. The smallest absolute Gasteiger partial charge is 0.331 e. The van der Waals surface area contributed by atoms with Gasteiger partial charge in [-0.15, -0.1) is 0 Å². The summed E-state index contributed by atoms with van der Waals surface area (Å²) in [6, 6.07) is 9.47. The van der Waals surface area contributed by atoms with E-state index in [1.54, 1.807) is 23.2 Å². The maximum atomic E-state index is 12.8. The summed E-state index contributed by atoms with van der Waals surface area (Å²) in [6.45, 7) is 6.30. The van der Waals surface area contributed by atoms with Crippen molar-refractivity contribution in [1.29, 1.82) is 0 Å². The fourth-order valence-electron chi connectivity index (χ4n) is 4.77. The van der Waals surface area contributed by atoms with E-state index in [2.05, 4.69) is 39.2 Å². The zero-order valence-corrected chi connectivity index (χ0v) is 19.9. The van der Waals surface area contributed by atoms with E-state index in [1.165, 1.54) is 0 Å². The van der Waals surface area contributed by atoms with Gasteiger partial charge in [-0.1, -0.05) is 12.1 Å². The molecular formula is C26H28N6O3. The molecular weight excluding hydrogens is 444 g/mol. The number of benzene rings is 1. The van der Waals surface area contributed by atoms with Gasteiger partial charge in [0.1, 0.15) is 17.8 Å². The van der Waals surface area contributed by atoms with E-state index in [-0.39, 0.29) is 6.03 Å². The van der Waals surface area contributed by atoms with Crippen molar-refractivity contribution in [3.05, 3.63) is 59.9 Å². The molecule has 9 heteroatoms. The molecule has 0 saturated heterocycles. The molecule has 0 spiro atoms. The van der Waals surface area contributed by atoms with Crippen LogP contribution in [0, 0.1) is 0 Å². The molecule has 1 N–H and O–H groups in total. The second kappa shape index (κ2) is 8.81. The number of aromatic nitrogens is 4. The molecule has 4 heterocycles. The Hall–Kier alpha value is -3.72. The van der Waals surface area contributed by atoms with Crippen LogP contribution in [0.5, 0.6) is 11.6 Å². The van der Waals surface area contributed by atoms with Crippen LogP contribution >= 0.6 is 0 Å². The minimum atomic E-state index is -0.292. The van der Waals surface area contributed by atoms with Crippen molar-refractivity contribution in [2.75, 3.05) is 11.9 Å². The van der Waals surface area contributed by atoms with Gasteiger partial charge in [0.2, 0.25) is 5.88 Å². The molecule has 180 valence electrons. The number of nitrogens with one attached hydrogen (secondary N) is 1. The molecule has 4 aromatic rings. The number of nitrogens with zero attached hydrogens (tertiary/aromatic N) is 5. The standard InChI is InChI=1S/C26H28N6O3/c1-3-9-31-14-21-20(11-16(31)2)25(28-15-27-21)34-19-6-7-22-18(12-19)8-10-32(22)26(33)29-24-13-23(35-30-24)17-4-5-17/h6-8,10,12-13,15-17H,3-5,9,11,14H2,1-2H3,(H,29,30,33)/t16-/m0/s1. The van der Waals surface area contributed by atoms with Gasteiger partial charge in [-0.2, -0.15) is 0 Å². The number of carbonyl (C=O) groups excluding carboxylic acids is 1. The van der Waals surface area contributed by atoms with E-state index in [4.69, 9.17) is 9.26 Å². The maximum Gasteiger partial charge on any atom is 0.331 e. The molecule has 3 aromatic heterocycles. The first-order chi connectivity index (χ1) is 17.1. The molecule has 35 heavy (non-hydrogen) atoms. The minimum Gasteiger partial charge on any atom is -0.439 e. The van der Waals surface area contributed by atoms with Crippen molar-refractivity contribution in [1.82, 2.24) is 24.6 Å². The Morgan fingerprint density at radius 1 is 1.23 bits per heavy atom. The highest BCUT2D eigenvalue weighted by Gasteiger charge is 2.28. The van der Waals surface area contributed by atoms with Crippen LogP contribution in [0.15, 0.2) is 47.4 Å². The second-order valence-corrected chi connectivity index (χ2v) is 9.46. The average molecular weight is 473 g/mol. The normalized spacial score (nSPS) is 17.9. The number of amides is 1. The number of ether oxygens (including phenoxy) is 1. The number of anilines is 1. The Labute approximate surface area is 203 Å². The van der Waals surface area contributed by atoms with Gasteiger partial charge in [-0.3, -0.25) is 14.8 Å². The Bertz CT molecular complexity index is 1390. The summed E-state index contributed by atoms with van der Waals surface area (Å²) in [5.74, 6) is 2.98.